The smallest absolute Gasteiger partial charge is 0.330 e. The van der Waals surface area contributed by atoms with Crippen LogP contribution in [0.5, 0.6) is 0 Å². The number of hydrogen-bond acceptors (Lipinski definition) is 4. The van der Waals surface area contributed by atoms with Gasteiger partial charge in [-0.3, -0.25) is 14.3 Å². The third-order valence-corrected chi connectivity index (χ3v) is 11.8. The third kappa shape index (κ3) is 4.35. The molecular formula is C27H34N2O4Si. The largest absolute Gasteiger partial charge is 0.402 e. The maximum atomic E-state index is 12.6. The molecule has 3 atom stereocenters. The zero-order valence-corrected chi connectivity index (χ0v) is 21.6. The molecule has 1 N–H and O–H groups in total. The van der Waals surface area contributed by atoms with E-state index in [0.717, 1.165) is 6.42 Å². The molecule has 0 saturated carbocycles. The SMILES string of the molecule is CC[C@H]1O[C@@H](n2cc(C)c(=O)[nH]c2=O)CC1O[Si](c1ccccc1)(c1ccccc1)C(C)(C)C. The van der Waals surface area contributed by atoms with Gasteiger partial charge in [-0.05, 0) is 28.8 Å². The molecule has 2 heterocycles. The van der Waals surface area contributed by atoms with Crippen molar-refractivity contribution in [2.24, 2.45) is 0 Å². The minimum atomic E-state index is -2.76. The summed E-state index contributed by atoms with van der Waals surface area (Å²) in [5.41, 5.74) is -0.347. The maximum absolute atomic E-state index is 12.6. The molecule has 7 heteroatoms. The fourth-order valence-corrected chi connectivity index (χ4v) is 9.79. The van der Waals surface area contributed by atoms with Gasteiger partial charge in [0, 0.05) is 18.2 Å². The number of aromatic amines is 1. The van der Waals surface area contributed by atoms with Crippen LogP contribution >= 0.6 is 0 Å². The van der Waals surface area contributed by atoms with Gasteiger partial charge >= 0.3 is 5.69 Å². The molecule has 1 aliphatic heterocycles. The van der Waals surface area contributed by atoms with Crippen molar-refractivity contribution in [1.82, 2.24) is 9.55 Å². The second-order valence-electron chi connectivity index (χ2n) is 10.1. The van der Waals surface area contributed by atoms with Crippen LogP contribution in [0.4, 0.5) is 0 Å². The van der Waals surface area contributed by atoms with Gasteiger partial charge in [-0.1, -0.05) is 88.4 Å². The first-order valence-electron chi connectivity index (χ1n) is 11.9. The Morgan fingerprint density at radius 3 is 2.09 bits per heavy atom. The first kappa shape index (κ1) is 24.4. The maximum Gasteiger partial charge on any atom is 0.330 e. The molecule has 4 rings (SSSR count). The topological polar surface area (TPSA) is 73.3 Å². The summed E-state index contributed by atoms with van der Waals surface area (Å²) in [6.45, 7) is 10.5. The van der Waals surface area contributed by atoms with E-state index in [1.807, 2.05) is 12.1 Å². The van der Waals surface area contributed by atoms with Crippen LogP contribution in [0.25, 0.3) is 0 Å². The zero-order chi connectivity index (χ0) is 24.5. The predicted molar refractivity (Wildman–Crippen MR) is 137 cm³/mol. The van der Waals surface area contributed by atoms with E-state index in [0.29, 0.717) is 12.0 Å². The molecule has 1 aliphatic rings. The van der Waals surface area contributed by atoms with Gasteiger partial charge in [0.2, 0.25) is 0 Å². The van der Waals surface area contributed by atoms with Crippen LogP contribution in [-0.4, -0.2) is 30.1 Å². The molecule has 1 aromatic heterocycles. The normalized spacial score (nSPS) is 21.0. The Bertz CT molecular complexity index is 1190. The molecule has 0 bridgehead atoms. The van der Waals surface area contributed by atoms with Crippen molar-refractivity contribution in [1.29, 1.82) is 0 Å². The van der Waals surface area contributed by atoms with Crippen molar-refractivity contribution >= 4 is 18.7 Å². The fourth-order valence-electron chi connectivity index (χ4n) is 5.08. The number of nitrogens with zero attached hydrogens (tertiary/aromatic N) is 1. The summed E-state index contributed by atoms with van der Waals surface area (Å²) in [5.74, 6) is 0. The van der Waals surface area contributed by atoms with Gasteiger partial charge in [0.15, 0.2) is 0 Å². The van der Waals surface area contributed by atoms with Crippen molar-refractivity contribution < 1.29 is 9.16 Å². The quantitative estimate of drug-likeness (QED) is 0.551. The van der Waals surface area contributed by atoms with Crippen LogP contribution in [-0.2, 0) is 9.16 Å². The molecule has 34 heavy (non-hydrogen) atoms. The lowest BCUT2D eigenvalue weighted by atomic mass is 10.1. The van der Waals surface area contributed by atoms with E-state index in [1.54, 1.807) is 13.1 Å². The number of nitrogens with one attached hydrogen (secondary N) is 1. The lowest BCUT2D eigenvalue weighted by Crippen LogP contribution is -2.68. The highest BCUT2D eigenvalue weighted by atomic mass is 28.4. The van der Waals surface area contributed by atoms with Crippen LogP contribution < -0.4 is 21.6 Å². The summed E-state index contributed by atoms with van der Waals surface area (Å²) in [4.78, 5) is 26.8. The van der Waals surface area contributed by atoms with E-state index < -0.39 is 20.2 Å². The molecule has 1 fully saturated rings. The summed E-state index contributed by atoms with van der Waals surface area (Å²) in [6, 6.07) is 21.1. The van der Waals surface area contributed by atoms with Gasteiger partial charge in [-0.25, -0.2) is 4.79 Å². The lowest BCUT2D eigenvalue weighted by Gasteiger charge is -2.45. The van der Waals surface area contributed by atoms with Crippen LogP contribution in [0.3, 0.4) is 0 Å². The number of rotatable bonds is 6. The van der Waals surface area contributed by atoms with Gasteiger partial charge in [0.25, 0.3) is 13.9 Å². The first-order chi connectivity index (χ1) is 16.2. The van der Waals surface area contributed by atoms with Crippen molar-refractivity contribution in [3.63, 3.8) is 0 Å². The first-order valence-corrected chi connectivity index (χ1v) is 13.8. The van der Waals surface area contributed by atoms with E-state index >= 15 is 0 Å². The van der Waals surface area contributed by atoms with Gasteiger partial charge < -0.3 is 9.16 Å². The predicted octanol–water partition coefficient (Wildman–Crippen LogP) is 3.49. The van der Waals surface area contributed by atoms with E-state index in [9.17, 15) is 9.59 Å². The molecule has 3 aromatic rings. The number of H-pyrrole nitrogens is 1. The van der Waals surface area contributed by atoms with E-state index in [-0.39, 0.29) is 22.8 Å². The molecule has 1 saturated heterocycles. The van der Waals surface area contributed by atoms with Gasteiger partial charge in [-0.2, -0.15) is 0 Å². The van der Waals surface area contributed by atoms with Crippen LogP contribution in [0.15, 0.2) is 76.4 Å². The average molecular weight is 479 g/mol. The molecule has 180 valence electrons. The van der Waals surface area contributed by atoms with Gasteiger partial charge in [0.05, 0.1) is 12.2 Å². The molecule has 0 amide bonds. The summed E-state index contributed by atoms with van der Waals surface area (Å²) < 4.78 is 15.2. The minimum Gasteiger partial charge on any atom is -0.402 e. The Morgan fingerprint density at radius 2 is 1.59 bits per heavy atom. The molecular weight excluding hydrogens is 444 g/mol. The van der Waals surface area contributed by atoms with Gasteiger partial charge in [-0.15, -0.1) is 0 Å². The van der Waals surface area contributed by atoms with Crippen LogP contribution in [0.1, 0.15) is 52.3 Å². The summed E-state index contributed by atoms with van der Waals surface area (Å²) in [6.07, 6.45) is 2.04. The Hall–Kier alpha value is -2.74. The van der Waals surface area contributed by atoms with E-state index in [1.165, 1.54) is 14.9 Å². The Labute approximate surface area is 201 Å². The molecule has 0 radical (unpaired) electrons. The van der Waals surface area contributed by atoms with Crippen LogP contribution in [0.2, 0.25) is 5.04 Å². The summed E-state index contributed by atoms with van der Waals surface area (Å²) in [7, 11) is -2.76. The standard InChI is InChI=1S/C27H34N2O4Si/c1-6-22-23(17-24(32-22)29-18-19(2)25(30)28-26(29)31)33-34(27(3,4)5,20-13-9-7-10-14-20)21-15-11-8-12-16-21/h7-16,18,22-24H,6,17H2,1-5H3,(H,28,30,31)/t22-,23?,24-/m1/s1. The van der Waals surface area contributed by atoms with E-state index in [2.05, 4.69) is 81.2 Å². The van der Waals surface area contributed by atoms with Crippen molar-refractivity contribution in [3.8, 4) is 0 Å². The highest BCUT2D eigenvalue weighted by Gasteiger charge is 2.53. The highest BCUT2D eigenvalue weighted by molar-refractivity contribution is 6.99. The molecule has 1 unspecified atom stereocenters. The van der Waals surface area contributed by atoms with Gasteiger partial charge in [0.1, 0.15) is 6.23 Å². The number of aromatic nitrogens is 2. The fraction of sp³-hybridized carbons (Fsp3) is 0.407. The number of ether oxygens (including phenoxy) is 1. The zero-order valence-electron chi connectivity index (χ0n) is 20.6. The van der Waals surface area contributed by atoms with Crippen LogP contribution in [0, 0.1) is 6.92 Å². The van der Waals surface area contributed by atoms with Crippen molar-refractivity contribution in [2.75, 3.05) is 0 Å². The van der Waals surface area contributed by atoms with Crippen molar-refractivity contribution in [2.45, 2.75) is 70.9 Å². The molecule has 2 aromatic carbocycles. The Balaban J connectivity index is 1.79. The monoisotopic (exact) mass is 478 g/mol. The highest BCUT2D eigenvalue weighted by Crippen LogP contribution is 2.41. The second kappa shape index (κ2) is 9.48. The van der Waals surface area contributed by atoms with Crippen molar-refractivity contribution in [3.05, 3.63) is 93.3 Å². The number of hydrogen-bond donors (Lipinski definition) is 1. The Morgan fingerprint density at radius 1 is 1.03 bits per heavy atom. The third-order valence-electron chi connectivity index (χ3n) is 6.78. The molecule has 0 aliphatic carbocycles. The lowest BCUT2D eigenvalue weighted by molar-refractivity contribution is -0.0193. The minimum absolute atomic E-state index is 0.155. The van der Waals surface area contributed by atoms with E-state index in [4.69, 9.17) is 9.16 Å². The Kier molecular flexibility index (Phi) is 6.80. The second-order valence-corrected chi connectivity index (χ2v) is 14.3. The number of aryl methyl sites for hydroxylation is 1. The molecule has 6 nitrogen and oxygen atoms in total. The average Bonchev–Trinajstić information content (AvgIpc) is 3.22. The number of benzene rings is 2. The summed E-state index contributed by atoms with van der Waals surface area (Å²) in [5, 5.41) is 2.27. The summed E-state index contributed by atoms with van der Waals surface area (Å²) >= 11 is 0. The molecule has 0 spiro atoms.